The van der Waals surface area contributed by atoms with Crippen LogP contribution in [0.4, 0.5) is 10.1 Å². The van der Waals surface area contributed by atoms with E-state index in [4.69, 9.17) is 21.0 Å². The van der Waals surface area contributed by atoms with Gasteiger partial charge >= 0.3 is 7.12 Å². The van der Waals surface area contributed by atoms with Gasteiger partial charge in [-0.15, -0.1) is 0 Å². The van der Waals surface area contributed by atoms with Crippen molar-refractivity contribution in [2.24, 2.45) is 0 Å². The molecule has 16 heavy (non-hydrogen) atoms. The molecule has 0 saturated carbocycles. The van der Waals surface area contributed by atoms with Gasteiger partial charge in [-0.1, -0.05) is 6.07 Å². The van der Waals surface area contributed by atoms with Crippen LogP contribution in [0, 0.1) is 5.82 Å². The molecule has 1 aromatic carbocycles. The average molecular weight is 233 g/mol. The first-order chi connectivity index (χ1) is 10.6. The van der Waals surface area contributed by atoms with E-state index in [2.05, 4.69) is 4.74 Å². The van der Waals surface area contributed by atoms with Gasteiger partial charge in [0.25, 0.3) is 0 Å². The summed E-state index contributed by atoms with van der Waals surface area (Å²) in [5.41, 5.74) is -1.10. The molecule has 0 unspecified atom stereocenters. The summed E-state index contributed by atoms with van der Waals surface area (Å²) in [6.07, 6.45) is 0. The van der Waals surface area contributed by atoms with Crippen molar-refractivity contribution >= 4 is 18.3 Å². The highest BCUT2D eigenvalue weighted by Gasteiger charge is 2.18. The molecule has 0 spiro atoms. The van der Waals surface area contributed by atoms with Gasteiger partial charge in [-0.3, -0.25) is 0 Å². The molecule has 86 valence electrons. The number of hydrogen-bond acceptors (Lipinski definition) is 4. The molecule has 1 aromatic rings. The smallest absolute Gasteiger partial charge is 0.423 e. The summed E-state index contributed by atoms with van der Waals surface area (Å²) in [5.74, 6) is -1.21. The maximum absolute atomic E-state index is 13.9. The molecule has 0 aliphatic carbocycles. The number of benzene rings is 1. The molecule has 0 bridgehead atoms. The molecule has 1 saturated heterocycles. The zero-order valence-electron chi connectivity index (χ0n) is 15.9. The zero-order valence-corrected chi connectivity index (χ0v) is 7.94. The minimum atomic E-state index is -3.26. The number of anilines is 1. The number of rotatable bonds is 2. The van der Waals surface area contributed by atoms with E-state index in [1.165, 1.54) is 0 Å². The van der Waals surface area contributed by atoms with Crippen molar-refractivity contribution < 1.29 is 30.1 Å². The maximum atomic E-state index is 13.9. The van der Waals surface area contributed by atoms with E-state index >= 15 is 0 Å². The van der Waals surface area contributed by atoms with E-state index in [9.17, 15) is 4.39 Å². The summed E-state index contributed by atoms with van der Waals surface area (Å²) >= 11 is 0. The van der Waals surface area contributed by atoms with Crippen LogP contribution in [0.2, 0.25) is 0 Å². The Balaban J connectivity index is 2.66. The molecule has 0 atom stereocenters. The molecule has 2 rings (SSSR count). The quantitative estimate of drug-likeness (QED) is 0.666. The van der Waals surface area contributed by atoms with E-state index in [1.54, 1.807) is 0 Å². The Kier molecular flexibility index (Phi) is 1.52. The number of ether oxygens (including phenoxy) is 1. The topological polar surface area (TPSA) is 52.9 Å². The summed E-state index contributed by atoms with van der Waals surface area (Å²) in [6.45, 7) is -12.9. The van der Waals surface area contributed by atoms with Crippen LogP contribution in [0.1, 0.15) is 11.0 Å². The molecule has 4 nitrogen and oxygen atoms in total. The van der Waals surface area contributed by atoms with E-state index in [0.717, 1.165) is 12.1 Å². The van der Waals surface area contributed by atoms with Crippen molar-refractivity contribution in [1.82, 2.24) is 0 Å². The van der Waals surface area contributed by atoms with Gasteiger partial charge in [0.15, 0.2) is 0 Å². The van der Waals surface area contributed by atoms with Gasteiger partial charge in [-0.25, -0.2) is 4.39 Å². The summed E-state index contributed by atoms with van der Waals surface area (Å²) in [5, 5.41) is 18.0. The highest BCUT2D eigenvalue weighted by atomic mass is 19.1. The highest BCUT2D eigenvalue weighted by molar-refractivity contribution is 6.58. The minimum absolute atomic E-state index is 0.0973. The predicted molar refractivity (Wildman–Crippen MR) is 59.3 cm³/mol. The van der Waals surface area contributed by atoms with Crippen LogP contribution in [-0.2, 0) is 4.74 Å². The van der Waals surface area contributed by atoms with Crippen molar-refractivity contribution in [2.45, 2.75) is 0 Å². The van der Waals surface area contributed by atoms with Crippen molar-refractivity contribution in [3.63, 3.8) is 0 Å². The first kappa shape index (κ1) is 5.04. The molecule has 0 amide bonds. The van der Waals surface area contributed by atoms with Gasteiger partial charge in [-0.05, 0) is 12.1 Å². The molecular weight excluding hydrogens is 212 g/mol. The fourth-order valence-corrected chi connectivity index (χ4v) is 1.18. The van der Waals surface area contributed by atoms with Crippen LogP contribution < -0.4 is 10.4 Å². The molecule has 1 heterocycles. The van der Waals surface area contributed by atoms with E-state index in [-0.39, 0.29) is 4.90 Å². The zero-order chi connectivity index (χ0) is 18.7. The van der Waals surface area contributed by atoms with Gasteiger partial charge in [0.2, 0.25) is 0 Å². The number of nitrogens with zero attached hydrogens (tertiary/aromatic N) is 1. The van der Waals surface area contributed by atoms with Gasteiger partial charge in [0, 0.05) is 24.1 Å². The molecule has 0 aromatic heterocycles. The lowest BCUT2D eigenvalue weighted by atomic mass is 9.80. The summed E-state index contributed by atoms with van der Waals surface area (Å²) in [7, 11) is -2.16. The summed E-state index contributed by atoms with van der Waals surface area (Å²) in [4.78, 5) is 0.0973. The third-order valence-corrected chi connectivity index (χ3v) is 1.94. The van der Waals surface area contributed by atoms with Gasteiger partial charge in [-0.2, -0.15) is 0 Å². The van der Waals surface area contributed by atoms with Crippen molar-refractivity contribution in [2.75, 3.05) is 31.0 Å². The third kappa shape index (κ3) is 2.34. The summed E-state index contributed by atoms with van der Waals surface area (Å²) in [6, 6.07) is 2.33. The molecule has 6 heteroatoms. The van der Waals surface area contributed by atoms with Crippen molar-refractivity contribution in [3.8, 4) is 0 Å². The maximum Gasteiger partial charge on any atom is 0.491 e. The molecular formula is C10H13BFNO3. The fourth-order valence-electron chi connectivity index (χ4n) is 1.18. The lowest BCUT2D eigenvalue weighted by Crippen LogP contribution is -2.37. The average Bonchev–Trinajstić information content (AvgIpc) is 2.34. The van der Waals surface area contributed by atoms with Crippen LogP contribution in [0.25, 0.3) is 0 Å². The lowest BCUT2D eigenvalue weighted by molar-refractivity contribution is 0.122. The Morgan fingerprint density at radius 1 is 1.38 bits per heavy atom. The van der Waals surface area contributed by atoms with Gasteiger partial charge in [0.1, 0.15) is 5.82 Å². The van der Waals surface area contributed by atoms with Crippen LogP contribution in [0.5, 0.6) is 0 Å². The normalized spacial score (nSPS) is 36.3. The largest absolute Gasteiger partial charge is 0.491 e. The van der Waals surface area contributed by atoms with Crippen molar-refractivity contribution in [1.29, 1.82) is 0 Å². The standard InChI is InChI=1S/C10H13BFNO3/c12-10-7-8(1-2-9(10)11(14)15)13-3-5-16-6-4-13/h1-2,7,14-15H,3-6H2/i3D2,4D2,5D2,6D2. The second-order valence-corrected chi connectivity index (χ2v) is 2.94. The Morgan fingerprint density at radius 2 is 2.06 bits per heavy atom. The first-order valence-corrected chi connectivity index (χ1v) is 4.31. The van der Waals surface area contributed by atoms with Crippen LogP contribution in [0.3, 0.4) is 0 Å². The first-order valence-electron chi connectivity index (χ1n) is 8.31. The van der Waals surface area contributed by atoms with E-state index < -0.39 is 50.2 Å². The molecule has 0 radical (unpaired) electrons. The second kappa shape index (κ2) is 4.82. The minimum Gasteiger partial charge on any atom is -0.423 e. The highest BCUT2D eigenvalue weighted by Crippen LogP contribution is 2.15. The molecule has 1 fully saturated rings. The third-order valence-electron chi connectivity index (χ3n) is 1.94. The van der Waals surface area contributed by atoms with Crippen LogP contribution >= 0.6 is 0 Å². The Bertz CT molecular complexity index is 633. The number of morpholine rings is 1. The predicted octanol–water partition coefficient (Wildman–Crippen LogP) is -0.658. The monoisotopic (exact) mass is 233 g/mol. The number of hydrogen-bond donors (Lipinski definition) is 2. The Morgan fingerprint density at radius 3 is 2.62 bits per heavy atom. The van der Waals surface area contributed by atoms with Crippen LogP contribution in [0.15, 0.2) is 18.2 Å². The molecule has 2 N–H and O–H groups in total. The fraction of sp³-hybridized carbons (Fsp3) is 0.400. The van der Waals surface area contributed by atoms with Crippen LogP contribution in [-0.4, -0.2) is 43.3 Å². The van der Waals surface area contributed by atoms with Gasteiger partial charge < -0.3 is 19.7 Å². The molecule has 1 aliphatic rings. The lowest BCUT2D eigenvalue weighted by Gasteiger charge is -2.29. The Hall–Kier alpha value is -1.11. The second-order valence-electron chi connectivity index (χ2n) is 2.94. The van der Waals surface area contributed by atoms with Gasteiger partial charge in [0.05, 0.1) is 24.1 Å². The van der Waals surface area contributed by atoms with E-state index in [0.29, 0.717) is 6.07 Å². The molecule has 1 aliphatic heterocycles. The van der Waals surface area contributed by atoms with E-state index in [1.807, 2.05) is 0 Å². The van der Waals surface area contributed by atoms with Crippen molar-refractivity contribution in [3.05, 3.63) is 24.0 Å². The summed E-state index contributed by atoms with van der Waals surface area (Å²) < 4.78 is 79.8. The SMILES string of the molecule is [2H]C1([2H])OC([2H])([2H])C([2H])([2H])N(c2ccc(B(O)O)c(F)c2)C1([2H])[2H]. The number of halogens is 1. The Labute approximate surface area is 105 Å².